The molecular formula is C7H10NO3+. The topological polar surface area (TPSA) is 54.4 Å². The molecule has 1 N–H and O–H groups in total. The molecule has 60 valence electrons. The zero-order valence-electron chi connectivity index (χ0n) is 6.12. The molecule has 0 aliphatic carbocycles. The van der Waals surface area contributed by atoms with Crippen LogP contribution in [0.3, 0.4) is 0 Å². The van der Waals surface area contributed by atoms with Crippen molar-refractivity contribution in [1.29, 1.82) is 0 Å². The molecule has 0 spiro atoms. The van der Waals surface area contributed by atoms with Gasteiger partial charge in [-0.05, 0) is 6.58 Å². The van der Waals surface area contributed by atoms with Gasteiger partial charge in [-0.3, -0.25) is 0 Å². The second kappa shape index (κ2) is 2.47. The fourth-order valence-electron chi connectivity index (χ4n) is 1.28. The average molecular weight is 156 g/mol. The average Bonchev–Trinajstić information content (AvgIpc) is 2.32. The maximum Gasteiger partial charge on any atom is 0.525 e. The fourth-order valence-corrected chi connectivity index (χ4v) is 1.28. The van der Waals surface area contributed by atoms with Gasteiger partial charge in [0, 0.05) is 6.42 Å². The first-order valence-corrected chi connectivity index (χ1v) is 3.42. The predicted octanol–water partition coefficient (Wildman–Crippen LogP) is 0.945. The number of carbonyl (C=O) groups is 2. The van der Waals surface area contributed by atoms with Crippen molar-refractivity contribution >= 4 is 12.0 Å². The molecule has 1 aliphatic heterocycles. The van der Waals surface area contributed by atoms with Crippen LogP contribution in [0.2, 0.25) is 0 Å². The van der Waals surface area contributed by atoms with Crippen LogP contribution in [-0.2, 0) is 4.79 Å². The lowest BCUT2D eigenvalue weighted by atomic mass is 10.4. The van der Waals surface area contributed by atoms with Gasteiger partial charge in [-0.25, -0.2) is 4.79 Å². The molecule has 1 aliphatic rings. The molecule has 1 unspecified atom stereocenters. The smallest absolute Gasteiger partial charge is 0.435 e. The number of imide groups is 1. The SMILES string of the molecule is C=C[N+]1(C(=O)O)CCCC1=O. The molecule has 4 heteroatoms. The van der Waals surface area contributed by atoms with E-state index in [9.17, 15) is 9.59 Å². The van der Waals surface area contributed by atoms with Gasteiger partial charge in [-0.2, -0.15) is 4.79 Å². The largest absolute Gasteiger partial charge is 0.525 e. The third-order valence-corrected chi connectivity index (χ3v) is 2.00. The Bertz CT molecular complexity index is 224. The van der Waals surface area contributed by atoms with Crippen LogP contribution in [0.1, 0.15) is 12.8 Å². The van der Waals surface area contributed by atoms with Crippen LogP contribution in [0.5, 0.6) is 0 Å². The van der Waals surface area contributed by atoms with Crippen molar-refractivity contribution in [1.82, 2.24) is 0 Å². The number of nitrogens with zero attached hydrogens (tertiary/aromatic N) is 1. The summed E-state index contributed by atoms with van der Waals surface area (Å²) in [6.07, 6.45) is 1.05. The Morgan fingerprint density at radius 3 is 2.55 bits per heavy atom. The van der Waals surface area contributed by atoms with E-state index in [1.54, 1.807) is 0 Å². The van der Waals surface area contributed by atoms with Gasteiger partial charge in [-0.1, -0.05) is 0 Å². The Morgan fingerprint density at radius 1 is 1.73 bits per heavy atom. The van der Waals surface area contributed by atoms with Gasteiger partial charge < -0.3 is 5.11 Å². The second-order valence-corrected chi connectivity index (χ2v) is 2.55. The molecular weight excluding hydrogens is 146 g/mol. The van der Waals surface area contributed by atoms with Gasteiger partial charge in [0.1, 0.15) is 12.7 Å². The Kier molecular flexibility index (Phi) is 1.78. The quantitative estimate of drug-likeness (QED) is 0.575. The number of amides is 2. The van der Waals surface area contributed by atoms with Crippen LogP contribution in [0.25, 0.3) is 0 Å². The predicted molar refractivity (Wildman–Crippen MR) is 37.6 cm³/mol. The summed E-state index contributed by atoms with van der Waals surface area (Å²) in [7, 11) is 0. The van der Waals surface area contributed by atoms with Gasteiger partial charge in [0.05, 0.1) is 6.42 Å². The molecule has 4 nitrogen and oxygen atoms in total. The third-order valence-electron chi connectivity index (χ3n) is 2.00. The zero-order valence-corrected chi connectivity index (χ0v) is 6.12. The first-order chi connectivity index (χ1) is 5.13. The van der Waals surface area contributed by atoms with E-state index in [0.29, 0.717) is 19.4 Å². The van der Waals surface area contributed by atoms with Gasteiger partial charge in [0.15, 0.2) is 0 Å². The van der Waals surface area contributed by atoms with E-state index in [4.69, 9.17) is 5.11 Å². The molecule has 0 aromatic carbocycles. The maximum absolute atomic E-state index is 11.1. The van der Waals surface area contributed by atoms with Crippen molar-refractivity contribution in [3.05, 3.63) is 12.8 Å². The van der Waals surface area contributed by atoms with Gasteiger partial charge in [-0.15, -0.1) is 4.48 Å². The Labute approximate surface area is 64.3 Å². The van der Waals surface area contributed by atoms with E-state index in [1.165, 1.54) is 6.20 Å². The first-order valence-electron chi connectivity index (χ1n) is 3.42. The molecule has 0 aromatic rings. The lowest BCUT2D eigenvalue weighted by molar-refractivity contribution is -0.717. The van der Waals surface area contributed by atoms with E-state index in [2.05, 4.69) is 6.58 Å². The highest BCUT2D eigenvalue weighted by molar-refractivity contribution is 5.82. The number of quaternary nitrogens is 1. The van der Waals surface area contributed by atoms with Crippen LogP contribution in [0.4, 0.5) is 4.79 Å². The molecule has 1 atom stereocenters. The molecule has 0 radical (unpaired) electrons. The van der Waals surface area contributed by atoms with Crippen molar-refractivity contribution in [2.75, 3.05) is 6.54 Å². The van der Waals surface area contributed by atoms with E-state index < -0.39 is 10.6 Å². The molecule has 0 saturated carbocycles. The molecule has 1 rings (SSSR count). The monoisotopic (exact) mass is 156 g/mol. The van der Waals surface area contributed by atoms with Crippen LogP contribution in [0.15, 0.2) is 12.8 Å². The summed E-state index contributed by atoms with van der Waals surface area (Å²) < 4.78 is -0.597. The lowest BCUT2D eigenvalue weighted by Crippen LogP contribution is -2.47. The highest BCUT2D eigenvalue weighted by atomic mass is 16.4. The van der Waals surface area contributed by atoms with Gasteiger partial charge in [0.25, 0.3) is 0 Å². The van der Waals surface area contributed by atoms with Crippen molar-refractivity contribution < 1.29 is 19.2 Å². The summed E-state index contributed by atoms with van der Waals surface area (Å²) in [4.78, 5) is 21.7. The van der Waals surface area contributed by atoms with E-state index in [-0.39, 0.29) is 5.91 Å². The Morgan fingerprint density at radius 2 is 2.36 bits per heavy atom. The molecule has 11 heavy (non-hydrogen) atoms. The molecule has 1 fully saturated rings. The second-order valence-electron chi connectivity index (χ2n) is 2.55. The van der Waals surface area contributed by atoms with Crippen LogP contribution >= 0.6 is 0 Å². The van der Waals surface area contributed by atoms with Crippen molar-refractivity contribution in [3.63, 3.8) is 0 Å². The summed E-state index contributed by atoms with van der Waals surface area (Å²) in [5.41, 5.74) is 0. The molecule has 0 bridgehead atoms. The van der Waals surface area contributed by atoms with E-state index in [1.807, 2.05) is 0 Å². The van der Waals surface area contributed by atoms with Crippen LogP contribution in [-0.4, -0.2) is 28.1 Å². The van der Waals surface area contributed by atoms with Gasteiger partial charge >= 0.3 is 12.0 Å². The Balaban J connectivity index is 3.00. The zero-order chi connectivity index (χ0) is 8.48. The summed E-state index contributed by atoms with van der Waals surface area (Å²) in [5, 5.41) is 8.71. The maximum atomic E-state index is 11.1. The van der Waals surface area contributed by atoms with Crippen LogP contribution in [0, 0.1) is 0 Å². The number of carbonyl (C=O) groups excluding carboxylic acids is 1. The number of hydrogen-bond donors (Lipinski definition) is 1. The minimum Gasteiger partial charge on any atom is -0.435 e. The van der Waals surface area contributed by atoms with E-state index in [0.717, 1.165) is 0 Å². The van der Waals surface area contributed by atoms with Crippen LogP contribution < -0.4 is 0 Å². The summed E-state index contributed by atoms with van der Waals surface area (Å²) in [6, 6.07) is 0. The molecule has 1 saturated heterocycles. The summed E-state index contributed by atoms with van der Waals surface area (Å²) in [5.74, 6) is -0.271. The Hall–Kier alpha value is -1.16. The molecule has 1 heterocycles. The third kappa shape index (κ3) is 0.952. The van der Waals surface area contributed by atoms with Crippen molar-refractivity contribution in [2.24, 2.45) is 0 Å². The summed E-state index contributed by atoms with van der Waals surface area (Å²) in [6.45, 7) is 3.70. The summed E-state index contributed by atoms with van der Waals surface area (Å²) >= 11 is 0. The van der Waals surface area contributed by atoms with Crippen molar-refractivity contribution in [2.45, 2.75) is 12.8 Å². The minimum atomic E-state index is -1.12. The molecule has 0 aromatic heterocycles. The molecule has 2 amide bonds. The fraction of sp³-hybridized carbons (Fsp3) is 0.429. The van der Waals surface area contributed by atoms with Gasteiger partial charge in [0.2, 0.25) is 0 Å². The normalized spacial score (nSPS) is 30.4. The number of likely N-dealkylation sites (tertiary alicyclic amines) is 1. The standard InChI is InChI=1S/C7H9NO3/c1-2-8(7(10)11)5-3-4-6(8)9/h2H,1,3-5H2/p+1. The minimum absolute atomic E-state index is 0.271. The highest BCUT2D eigenvalue weighted by Crippen LogP contribution is 2.21. The van der Waals surface area contributed by atoms with E-state index >= 15 is 0 Å². The number of hydrogen-bond acceptors (Lipinski definition) is 2. The number of carboxylic acid groups (broad SMARTS) is 1. The van der Waals surface area contributed by atoms with Crippen molar-refractivity contribution in [3.8, 4) is 0 Å². The highest BCUT2D eigenvalue weighted by Gasteiger charge is 2.46. The number of rotatable bonds is 1. The first kappa shape index (κ1) is 7.94. The lowest BCUT2D eigenvalue weighted by Gasteiger charge is -2.18.